The first-order valence-corrected chi connectivity index (χ1v) is 8.10. The Morgan fingerprint density at radius 3 is 2.85 bits per heavy atom. The molecule has 2 atom stereocenters. The lowest BCUT2D eigenvalue weighted by Gasteiger charge is -2.40. The lowest BCUT2D eigenvalue weighted by molar-refractivity contribution is 0.362. The van der Waals surface area contributed by atoms with Crippen LogP contribution in [0.15, 0.2) is 12.3 Å². The van der Waals surface area contributed by atoms with Crippen molar-refractivity contribution in [2.24, 2.45) is 5.92 Å². The van der Waals surface area contributed by atoms with E-state index in [1.807, 2.05) is 0 Å². The summed E-state index contributed by atoms with van der Waals surface area (Å²) < 4.78 is 0. The quantitative estimate of drug-likeness (QED) is 0.912. The van der Waals surface area contributed by atoms with Gasteiger partial charge in [0.1, 0.15) is 0 Å². The van der Waals surface area contributed by atoms with E-state index in [-0.39, 0.29) is 0 Å². The van der Waals surface area contributed by atoms with Gasteiger partial charge in [0.15, 0.2) is 0 Å². The van der Waals surface area contributed by atoms with Gasteiger partial charge in [0.05, 0.1) is 0 Å². The van der Waals surface area contributed by atoms with Crippen molar-refractivity contribution in [3.63, 3.8) is 0 Å². The summed E-state index contributed by atoms with van der Waals surface area (Å²) in [6, 6.07) is 3.66. The molecule has 1 aliphatic heterocycles. The molecule has 0 bridgehead atoms. The Hall–Kier alpha value is -1.09. The Morgan fingerprint density at radius 2 is 2.10 bits per heavy atom. The molecule has 3 heteroatoms. The molecule has 2 heterocycles. The molecule has 0 radical (unpaired) electrons. The van der Waals surface area contributed by atoms with Crippen LogP contribution in [-0.2, 0) is 6.54 Å². The minimum atomic E-state index is 0.630. The van der Waals surface area contributed by atoms with E-state index in [1.54, 1.807) is 0 Å². The number of hydrogen-bond acceptors (Lipinski definition) is 3. The van der Waals surface area contributed by atoms with Gasteiger partial charge in [-0.1, -0.05) is 6.92 Å². The summed E-state index contributed by atoms with van der Waals surface area (Å²) in [4.78, 5) is 7.11. The molecule has 2 aliphatic rings. The lowest BCUT2D eigenvalue weighted by atomic mass is 9.91. The first-order chi connectivity index (χ1) is 9.65. The van der Waals surface area contributed by atoms with Crippen LogP contribution < -0.4 is 10.2 Å². The number of aryl methyl sites for hydroxylation is 1. The molecule has 2 fully saturated rings. The van der Waals surface area contributed by atoms with Crippen LogP contribution in [0.3, 0.4) is 0 Å². The van der Waals surface area contributed by atoms with Crippen LogP contribution in [0.25, 0.3) is 0 Å². The molecule has 2 unspecified atom stereocenters. The zero-order valence-corrected chi connectivity index (χ0v) is 13.0. The van der Waals surface area contributed by atoms with E-state index in [0.717, 1.165) is 24.2 Å². The van der Waals surface area contributed by atoms with Crippen molar-refractivity contribution in [2.45, 2.75) is 65.1 Å². The molecule has 1 aromatic heterocycles. The zero-order valence-electron chi connectivity index (χ0n) is 13.0. The molecule has 0 spiro atoms. The maximum absolute atomic E-state index is 4.51. The fourth-order valence-electron chi connectivity index (χ4n) is 3.19. The summed E-state index contributed by atoms with van der Waals surface area (Å²) in [6.45, 7) is 9.00. The third-order valence-electron chi connectivity index (χ3n) is 4.94. The molecule has 0 amide bonds. The number of anilines is 1. The van der Waals surface area contributed by atoms with Gasteiger partial charge in [-0.2, -0.15) is 0 Å². The van der Waals surface area contributed by atoms with Gasteiger partial charge in [-0.15, -0.1) is 0 Å². The second-order valence-corrected chi connectivity index (χ2v) is 6.66. The SMILES string of the molecule is Cc1cc(N2CCCC(C)C2C)c(CNC2CC2)cn1. The van der Waals surface area contributed by atoms with Crippen molar-refractivity contribution in [1.29, 1.82) is 0 Å². The van der Waals surface area contributed by atoms with Crippen molar-refractivity contribution < 1.29 is 0 Å². The minimum absolute atomic E-state index is 0.630. The van der Waals surface area contributed by atoms with Gasteiger partial charge in [-0.25, -0.2) is 0 Å². The van der Waals surface area contributed by atoms with E-state index in [0.29, 0.717) is 6.04 Å². The minimum Gasteiger partial charge on any atom is -0.368 e. The second kappa shape index (κ2) is 5.72. The third-order valence-corrected chi connectivity index (χ3v) is 4.94. The van der Waals surface area contributed by atoms with Crippen molar-refractivity contribution in [3.8, 4) is 0 Å². The van der Waals surface area contributed by atoms with Gasteiger partial charge < -0.3 is 10.2 Å². The highest BCUT2D eigenvalue weighted by Gasteiger charge is 2.27. The van der Waals surface area contributed by atoms with Crippen molar-refractivity contribution in [3.05, 3.63) is 23.5 Å². The van der Waals surface area contributed by atoms with Crippen LogP contribution >= 0.6 is 0 Å². The van der Waals surface area contributed by atoms with Crippen LogP contribution in [-0.4, -0.2) is 23.6 Å². The zero-order chi connectivity index (χ0) is 14.1. The van der Waals surface area contributed by atoms with Gasteiger partial charge in [0.25, 0.3) is 0 Å². The highest BCUT2D eigenvalue weighted by atomic mass is 15.2. The number of nitrogens with zero attached hydrogens (tertiary/aromatic N) is 2. The fraction of sp³-hybridized carbons (Fsp3) is 0.706. The molecule has 1 saturated heterocycles. The first kappa shape index (κ1) is 13.9. The largest absolute Gasteiger partial charge is 0.368 e. The highest BCUT2D eigenvalue weighted by Crippen LogP contribution is 2.31. The first-order valence-electron chi connectivity index (χ1n) is 8.10. The molecular weight excluding hydrogens is 246 g/mol. The van der Waals surface area contributed by atoms with Crippen LogP contribution in [0.4, 0.5) is 5.69 Å². The highest BCUT2D eigenvalue weighted by molar-refractivity contribution is 5.55. The second-order valence-electron chi connectivity index (χ2n) is 6.66. The monoisotopic (exact) mass is 273 g/mol. The van der Waals surface area contributed by atoms with E-state index in [2.05, 4.69) is 48.2 Å². The average Bonchev–Trinajstić information content (AvgIpc) is 3.25. The Bertz CT molecular complexity index is 467. The van der Waals surface area contributed by atoms with Crippen molar-refractivity contribution in [2.75, 3.05) is 11.4 Å². The van der Waals surface area contributed by atoms with E-state index >= 15 is 0 Å². The number of nitrogens with one attached hydrogen (secondary N) is 1. The Labute approximate surface area is 122 Å². The normalized spacial score (nSPS) is 26.9. The Kier molecular flexibility index (Phi) is 3.97. The summed E-state index contributed by atoms with van der Waals surface area (Å²) in [6.07, 6.45) is 7.42. The number of rotatable bonds is 4. The Morgan fingerprint density at radius 1 is 1.30 bits per heavy atom. The molecular formula is C17H27N3. The molecule has 3 rings (SSSR count). The standard InChI is InChI=1S/C17H27N3/c1-12-5-4-8-20(14(12)3)17-9-13(2)18-10-15(17)11-19-16-6-7-16/h9-10,12,14,16,19H,4-8,11H2,1-3H3. The summed E-state index contributed by atoms with van der Waals surface area (Å²) in [5.74, 6) is 0.779. The van der Waals surface area contributed by atoms with Crippen molar-refractivity contribution in [1.82, 2.24) is 10.3 Å². The van der Waals surface area contributed by atoms with Crippen LogP contribution in [0.2, 0.25) is 0 Å². The van der Waals surface area contributed by atoms with Gasteiger partial charge >= 0.3 is 0 Å². The average molecular weight is 273 g/mol. The fourth-order valence-corrected chi connectivity index (χ4v) is 3.19. The topological polar surface area (TPSA) is 28.2 Å². The number of piperidine rings is 1. The molecule has 0 aromatic carbocycles. The van der Waals surface area contributed by atoms with E-state index in [9.17, 15) is 0 Å². The molecule has 3 nitrogen and oxygen atoms in total. The van der Waals surface area contributed by atoms with Gasteiger partial charge in [-0.3, -0.25) is 4.98 Å². The molecule has 1 aromatic rings. The predicted molar refractivity (Wildman–Crippen MR) is 84.0 cm³/mol. The summed E-state index contributed by atoms with van der Waals surface area (Å²) in [7, 11) is 0. The van der Waals surface area contributed by atoms with Gasteiger partial charge in [0, 0.05) is 48.3 Å². The van der Waals surface area contributed by atoms with E-state index < -0.39 is 0 Å². The molecule has 1 N–H and O–H groups in total. The molecule has 1 saturated carbocycles. The van der Waals surface area contributed by atoms with E-state index in [1.165, 1.54) is 43.5 Å². The lowest BCUT2D eigenvalue weighted by Crippen LogP contribution is -2.43. The van der Waals surface area contributed by atoms with Crippen LogP contribution in [0.1, 0.15) is 50.8 Å². The number of pyridine rings is 1. The summed E-state index contributed by atoms with van der Waals surface area (Å²) >= 11 is 0. The van der Waals surface area contributed by atoms with Crippen LogP contribution in [0.5, 0.6) is 0 Å². The third kappa shape index (κ3) is 2.98. The predicted octanol–water partition coefficient (Wildman–Crippen LogP) is 3.27. The number of aromatic nitrogens is 1. The van der Waals surface area contributed by atoms with Crippen molar-refractivity contribution >= 4 is 5.69 Å². The Balaban J connectivity index is 1.83. The number of hydrogen-bond donors (Lipinski definition) is 1. The maximum atomic E-state index is 4.51. The van der Waals surface area contributed by atoms with E-state index in [4.69, 9.17) is 0 Å². The summed E-state index contributed by atoms with van der Waals surface area (Å²) in [5, 5.41) is 3.63. The molecule has 110 valence electrons. The van der Waals surface area contributed by atoms with Crippen LogP contribution in [0, 0.1) is 12.8 Å². The maximum Gasteiger partial charge on any atom is 0.0448 e. The van der Waals surface area contributed by atoms with Gasteiger partial charge in [-0.05, 0) is 51.5 Å². The van der Waals surface area contributed by atoms with Gasteiger partial charge in [0.2, 0.25) is 0 Å². The smallest absolute Gasteiger partial charge is 0.0448 e. The molecule has 20 heavy (non-hydrogen) atoms. The molecule has 1 aliphatic carbocycles. The summed E-state index contributed by atoms with van der Waals surface area (Å²) in [5.41, 5.74) is 3.90.